The van der Waals surface area contributed by atoms with Crippen molar-refractivity contribution in [2.45, 2.75) is 65.2 Å². The summed E-state index contributed by atoms with van der Waals surface area (Å²) in [4.78, 5) is 14.7. The molecule has 2 aliphatic rings. The number of carbonyl (C=O) groups excluding carboxylic acids is 1. The zero-order valence-corrected chi connectivity index (χ0v) is 17.4. The second-order valence-corrected chi connectivity index (χ2v) is 8.54. The second-order valence-electron chi connectivity index (χ2n) is 8.16. The minimum atomic E-state index is -0.578. The highest BCUT2D eigenvalue weighted by Crippen LogP contribution is 2.39. The first-order valence-corrected chi connectivity index (χ1v) is 9.46. The monoisotopic (exact) mass is 379 g/mol. The molecular formula is C19H27BClNO4. The Hall–Kier alpha value is -1.24. The van der Waals surface area contributed by atoms with Crippen LogP contribution < -0.4 is 10.2 Å². The average Bonchev–Trinajstić information content (AvgIpc) is 2.70. The lowest BCUT2D eigenvalue weighted by Gasteiger charge is -2.32. The maximum Gasteiger partial charge on any atom is 0.495 e. The molecule has 0 radical (unpaired) electrons. The minimum absolute atomic E-state index is 0.0200. The highest BCUT2D eigenvalue weighted by molar-refractivity contribution is 6.63. The first kappa shape index (κ1) is 19.5. The Morgan fingerprint density at radius 2 is 1.85 bits per heavy atom. The van der Waals surface area contributed by atoms with Gasteiger partial charge in [-0.2, -0.15) is 0 Å². The zero-order chi connectivity index (χ0) is 19.4. The normalized spacial score (nSPS) is 24.3. The van der Waals surface area contributed by atoms with Crippen LogP contribution in [0.2, 0.25) is 5.02 Å². The van der Waals surface area contributed by atoms with Crippen molar-refractivity contribution >= 4 is 30.1 Å². The number of halogens is 1. The summed E-state index contributed by atoms with van der Waals surface area (Å²) in [6.07, 6.45) is 0.816. The van der Waals surface area contributed by atoms with Gasteiger partial charge in [0.1, 0.15) is 6.61 Å². The first-order valence-electron chi connectivity index (χ1n) is 9.08. The number of nitrogens with zero attached hydrogens (tertiary/aromatic N) is 1. The summed E-state index contributed by atoms with van der Waals surface area (Å²) in [5.74, 6) is 0.362. The molecule has 2 aliphatic heterocycles. The molecule has 1 unspecified atom stereocenters. The van der Waals surface area contributed by atoms with Gasteiger partial charge in [-0.05, 0) is 58.1 Å². The molecule has 2 heterocycles. The van der Waals surface area contributed by atoms with Crippen molar-refractivity contribution in [3.05, 3.63) is 22.2 Å². The zero-order valence-electron chi connectivity index (χ0n) is 16.6. The van der Waals surface area contributed by atoms with Crippen LogP contribution in [0.5, 0.6) is 5.75 Å². The van der Waals surface area contributed by atoms with Crippen molar-refractivity contribution in [3.63, 3.8) is 0 Å². The molecule has 1 saturated heterocycles. The van der Waals surface area contributed by atoms with Crippen LogP contribution >= 0.6 is 11.6 Å². The molecule has 1 aromatic carbocycles. The topological polar surface area (TPSA) is 48.0 Å². The van der Waals surface area contributed by atoms with Crippen molar-refractivity contribution in [2.24, 2.45) is 0 Å². The molecule has 0 aliphatic carbocycles. The number of rotatable bonds is 2. The van der Waals surface area contributed by atoms with Gasteiger partial charge in [-0.25, -0.2) is 0 Å². The molecule has 1 amide bonds. The molecule has 1 aromatic rings. The number of fused-ring (bicyclic) bond motifs is 1. The van der Waals surface area contributed by atoms with E-state index < -0.39 is 18.3 Å². The third kappa shape index (κ3) is 2.92. The molecule has 7 heteroatoms. The van der Waals surface area contributed by atoms with E-state index >= 15 is 0 Å². The Morgan fingerprint density at radius 1 is 1.27 bits per heavy atom. The molecule has 0 saturated carbocycles. The summed E-state index contributed by atoms with van der Waals surface area (Å²) in [5, 5.41) is 0.450. The van der Waals surface area contributed by atoms with Crippen LogP contribution in [0, 0.1) is 6.92 Å². The van der Waals surface area contributed by atoms with Gasteiger partial charge in [-0.1, -0.05) is 18.5 Å². The van der Waals surface area contributed by atoms with E-state index in [1.54, 1.807) is 11.9 Å². The van der Waals surface area contributed by atoms with E-state index in [0.29, 0.717) is 22.9 Å². The molecule has 142 valence electrons. The van der Waals surface area contributed by atoms with Crippen molar-refractivity contribution in [1.82, 2.24) is 4.90 Å². The highest BCUT2D eigenvalue weighted by atomic mass is 35.5. The van der Waals surface area contributed by atoms with Crippen LogP contribution in [0.25, 0.3) is 0 Å². The number of benzene rings is 1. The Balaban J connectivity index is 2.08. The van der Waals surface area contributed by atoms with Gasteiger partial charge in [0.05, 0.1) is 27.8 Å². The van der Waals surface area contributed by atoms with Gasteiger partial charge in [0, 0.05) is 7.05 Å². The number of amides is 1. The fourth-order valence-electron chi connectivity index (χ4n) is 3.30. The Kier molecular flexibility index (Phi) is 4.83. The van der Waals surface area contributed by atoms with Crippen LogP contribution in [0.15, 0.2) is 6.07 Å². The number of hydrogen-bond acceptors (Lipinski definition) is 4. The predicted octanol–water partition coefficient (Wildman–Crippen LogP) is 3.19. The lowest BCUT2D eigenvalue weighted by molar-refractivity contribution is 0.00578. The fourth-order valence-corrected chi connectivity index (χ4v) is 3.56. The summed E-state index contributed by atoms with van der Waals surface area (Å²) < 4.78 is 18.3. The predicted molar refractivity (Wildman–Crippen MR) is 104 cm³/mol. The summed E-state index contributed by atoms with van der Waals surface area (Å²) in [6.45, 7) is 12.4. The smallest absolute Gasteiger partial charge is 0.489 e. The number of hydrogen-bond donors (Lipinski definition) is 0. The molecule has 0 aromatic heterocycles. The molecule has 0 spiro atoms. The fraction of sp³-hybridized carbons (Fsp3) is 0.632. The maximum absolute atomic E-state index is 13.0. The van der Waals surface area contributed by atoms with Gasteiger partial charge >= 0.3 is 7.12 Å². The van der Waals surface area contributed by atoms with Crippen molar-refractivity contribution in [1.29, 1.82) is 0 Å². The maximum atomic E-state index is 13.0. The van der Waals surface area contributed by atoms with Crippen LogP contribution in [-0.2, 0) is 9.31 Å². The van der Waals surface area contributed by atoms with Gasteiger partial charge in [-0.3, -0.25) is 4.79 Å². The minimum Gasteiger partial charge on any atom is -0.489 e. The van der Waals surface area contributed by atoms with E-state index in [1.165, 1.54) is 0 Å². The summed E-state index contributed by atoms with van der Waals surface area (Å²) in [5.41, 5.74) is 1.12. The van der Waals surface area contributed by atoms with Crippen LogP contribution in [0.4, 0.5) is 0 Å². The average molecular weight is 380 g/mol. The molecule has 0 N–H and O–H groups in total. The summed E-state index contributed by atoms with van der Waals surface area (Å²) in [6, 6.07) is 1.84. The van der Waals surface area contributed by atoms with Gasteiger partial charge in [0.2, 0.25) is 0 Å². The number of likely N-dealkylation sites (N-methyl/N-ethyl adjacent to an activating group) is 1. The van der Waals surface area contributed by atoms with E-state index in [-0.39, 0.29) is 11.9 Å². The van der Waals surface area contributed by atoms with E-state index in [2.05, 4.69) is 0 Å². The Morgan fingerprint density at radius 3 is 2.38 bits per heavy atom. The van der Waals surface area contributed by atoms with E-state index in [1.807, 2.05) is 47.6 Å². The largest absolute Gasteiger partial charge is 0.495 e. The summed E-state index contributed by atoms with van der Waals surface area (Å²) >= 11 is 6.61. The number of carbonyl (C=O) groups is 1. The van der Waals surface area contributed by atoms with Gasteiger partial charge in [0.15, 0.2) is 5.75 Å². The second kappa shape index (κ2) is 6.43. The third-order valence-corrected chi connectivity index (χ3v) is 6.46. The molecule has 5 nitrogen and oxygen atoms in total. The van der Waals surface area contributed by atoms with E-state index in [4.69, 9.17) is 25.6 Å². The van der Waals surface area contributed by atoms with Crippen LogP contribution in [0.3, 0.4) is 0 Å². The third-order valence-electron chi connectivity index (χ3n) is 6.00. The molecule has 1 fully saturated rings. The quantitative estimate of drug-likeness (QED) is 0.741. The van der Waals surface area contributed by atoms with Crippen LogP contribution in [-0.4, -0.2) is 48.8 Å². The molecule has 3 rings (SSSR count). The Labute approximate surface area is 161 Å². The van der Waals surface area contributed by atoms with Gasteiger partial charge < -0.3 is 18.9 Å². The first-order chi connectivity index (χ1) is 12.0. The molecule has 26 heavy (non-hydrogen) atoms. The van der Waals surface area contributed by atoms with Crippen molar-refractivity contribution in [3.8, 4) is 5.75 Å². The van der Waals surface area contributed by atoms with E-state index in [0.717, 1.165) is 17.4 Å². The van der Waals surface area contributed by atoms with Gasteiger partial charge in [-0.15, -0.1) is 0 Å². The van der Waals surface area contributed by atoms with E-state index in [9.17, 15) is 4.79 Å². The van der Waals surface area contributed by atoms with Gasteiger partial charge in [0.25, 0.3) is 5.91 Å². The highest BCUT2D eigenvalue weighted by Gasteiger charge is 2.52. The molecule has 0 bridgehead atoms. The number of ether oxygens (including phenoxy) is 1. The summed E-state index contributed by atoms with van der Waals surface area (Å²) in [7, 11) is 1.23. The lowest BCUT2D eigenvalue weighted by atomic mass is 9.75. The SMILES string of the molecule is CCC1COc2c(cc(B3OC(C)(C)C(C)(C)O3)c(C)c2Cl)C(=O)N1C. The molecule has 1 atom stereocenters. The molecular weight excluding hydrogens is 352 g/mol. The van der Waals surface area contributed by atoms with Crippen molar-refractivity contribution in [2.75, 3.05) is 13.7 Å². The lowest BCUT2D eigenvalue weighted by Crippen LogP contribution is -2.41. The van der Waals surface area contributed by atoms with Crippen molar-refractivity contribution < 1.29 is 18.8 Å². The standard InChI is InChI=1S/C19H27BClNO4/c1-8-12-10-24-16-13(17(23)22(12)7)9-14(11(2)15(16)21)20-25-18(3,4)19(5,6)26-20/h9,12H,8,10H2,1-7H3. The van der Waals surface area contributed by atoms with Crippen LogP contribution in [0.1, 0.15) is 57.0 Å². The Bertz CT molecular complexity index is 734.